The predicted octanol–water partition coefficient (Wildman–Crippen LogP) is 3.31. The number of hydrogen-bond acceptors (Lipinski definition) is 10. The molecule has 0 radical (unpaired) electrons. The second kappa shape index (κ2) is 11.3. The number of morpholine rings is 1. The molecule has 0 unspecified atom stereocenters. The Morgan fingerprint density at radius 2 is 1.90 bits per heavy atom. The fraction of sp³-hybridized carbons (Fsp3) is 0.429. The maximum Gasteiger partial charge on any atom is 0.255 e. The van der Waals surface area contributed by atoms with Crippen LogP contribution in [0.4, 0.5) is 17.5 Å². The Labute approximate surface area is 228 Å². The summed E-state index contributed by atoms with van der Waals surface area (Å²) < 4.78 is 5.50. The highest BCUT2D eigenvalue weighted by Gasteiger charge is 2.24. The molecular weight excluding hydrogens is 496 g/mol. The van der Waals surface area contributed by atoms with Gasteiger partial charge in [0.2, 0.25) is 5.95 Å². The molecule has 11 heteroatoms. The van der Waals surface area contributed by atoms with Crippen molar-refractivity contribution >= 4 is 23.4 Å². The van der Waals surface area contributed by atoms with Gasteiger partial charge in [-0.05, 0) is 52.8 Å². The van der Waals surface area contributed by atoms with Gasteiger partial charge in [-0.1, -0.05) is 0 Å². The molecule has 204 valence electrons. The van der Waals surface area contributed by atoms with Crippen molar-refractivity contribution in [2.24, 2.45) is 0 Å². The van der Waals surface area contributed by atoms with Gasteiger partial charge in [-0.25, -0.2) is 4.98 Å². The van der Waals surface area contributed by atoms with E-state index in [9.17, 15) is 15.2 Å². The number of amides is 1. The summed E-state index contributed by atoms with van der Waals surface area (Å²) in [5.74, 6) is 0.775. The maximum absolute atomic E-state index is 13.1. The van der Waals surface area contributed by atoms with Crippen molar-refractivity contribution in [1.82, 2.24) is 19.9 Å². The molecule has 3 aromatic heterocycles. The summed E-state index contributed by atoms with van der Waals surface area (Å²) in [5, 5.41) is 25.3. The van der Waals surface area contributed by atoms with Crippen LogP contribution >= 0.6 is 0 Å². The third kappa shape index (κ3) is 6.66. The average Bonchev–Trinajstić information content (AvgIpc) is 2.94. The van der Waals surface area contributed by atoms with E-state index in [0.29, 0.717) is 54.9 Å². The van der Waals surface area contributed by atoms with Gasteiger partial charge >= 0.3 is 0 Å². The highest BCUT2D eigenvalue weighted by Crippen LogP contribution is 2.29. The molecule has 1 aliphatic rings. The molecule has 1 fully saturated rings. The molecule has 0 aliphatic carbocycles. The SMILES string of the molecule is Cc1ncc(NC(=O)c2ccnc(C(C)(C)C#N)c2)cc1-c1cc(N2CCOCC2)nc(NC(C)(C)CO)n1. The number of aliphatic hydroxyl groups is 1. The first-order chi connectivity index (χ1) is 18.5. The molecule has 1 saturated heterocycles. The Balaban J connectivity index is 1.67. The molecule has 0 aromatic carbocycles. The minimum absolute atomic E-state index is 0.0994. The Bertz CT molecular complexity index is 1390. The fourth-order valence-electron chi connectivity index (χ4n) is 3.96. The normalized spacial score (nSPS) is 14.0. The lowest BCUT2D eigenvalue weighted by Crippen LogP contribution is -2.38. The molecule has 11 nitrogen and oxygen atoms in total. The van der Waals surface area contributed by atoms with Crippen molar-refractivity contribution in [3.05, 3.63) is 53.6 Å². The number of aromatic nitrogens is 4. The van der Waals surface area contributed by atoms with Crippen LogP contribution in [-0.2, 0) is 10.2 Å². The summed E-state index contributed by atoms with van der Waals surface area (Å²) in [7, 11) is 0. The lowest BCUT2D eigenvalue weighted by Gasteiger charge is -2.29. The minimum atomic E-state index is -0.823. The Hall–Kier alpha value is -4.14. The number of pyridine rings is 2. The number of rotatable bonds is 8. The van der Waals surface area contributed by atoms with Crippen LogP contribution in [0.5, 0.6) is 0 Å². The molecule has 0 atom stereocenters. The van der Waals surface area contributed by atoms with Crippen molar-refractivity contribution in [1.29, 1.82) is 5.26 Å². The molecule has 1 aliphatic heterocycles. The molecule has 39 heavy (non-hydrogen) atoms. The van der Waals surface area contributed by atoms with Crippen LogP contribution in [0, 0.1) is 18.3 Å². The Morgan fingerprint density at radius 3 is 2.59 bits per heavy atom. The topological polar surface area (TPSA) is 149 Å². The average molecular weight is 531 g/mol. The number of nitrogens with zero attached hydrogens (tertiary/aromatic N) is 6. The van der Waals surface area contributed by atoms with E-state index in [0.717, 1.165) is 17.1 Å². The van der Waals surface area contributed by atoms with Crippen molar-refractivity contribution in [3.8, 4) is 17.3 Å². The monoisotopic (exact) mass is 530 g/mol. The summed E-state index contributed by atoms with van der Waals surface area (Å²) in [4.78, 5) is 33.4. The fourth-order valence-corrected chi connectivity index (χ4v) is 3.96. The second-order valence-corrected chi connectivity index (χ2v) is 10.7. The van der Waals surface area contributed by atoms with E-state index in [4.69, 9.17) is 14.7 Å². The quantitative estimate of drug-likeness (QED) is 0.396. The number of nitriles is 1. The van der Waals surface area contributed by atoms with E-state index in [-0.39, 0.29) is 12.5 Å². The number of nitrogens with one attached hydrogen (secondary N) is 2. The molecule has 0 spiro atoms. The van der Waals surface area contributed by atoms with E-state index in [1.54, 1.807) is 32.2 Å². The summed E-state index contributed by atoms with van der Waals surface area (Å²) in [6.45, 7) is 11.6. The van der Waals surface area contributed by atoms with Crippen LogP contribution in [0.1, 0.15) is 49.4 Å². The van der Waals surface area contributed by atoms with Crippen LogP contribution < -0.4 is 15.5 Å². The van der Waals surface area contributed by atoms with Gasteiger partial charge in [0.15, 0.2) is 0 Å². The first kappa shape index (κ1) is 27.9. The molecule has 4 heterocycles. The number of ether oxygens (including phenoxy) is 1. The molecular formula is C28H34N8O3. The number of carbonyl (C=O) groups is 1. The standard InChI is InChI=1S/C28H34N8O3/c1-18-21(13-20(15-31-18)32-25(38)19-6-7-30-23(12-19)27(2,3)16-29)22-14-24(36-8-10-39-11-9-36)34-26(33-22)35-28(4,5)17-37/h6-7,12-15,37H,8-11,17H2,1-5H3,(H,32,38)(H,33,34,35). The molecule has 3 aromatic rings. The van der Waals surface area contributed by atoms with Gasteiger partial charge in [-0.2, -0.15) is 10.2 Å². The van der Waals surface area contributed by atoms with Crippen molar-refractivity contribution < 1.29 is 14.6 Å². The van der Waals surface area contributed by atoms with Gasteiger partial charge in [0, 0.05) is 42.2 Å². The summed E-state index contributed by atoms with van der Waals surface area (Å²) in [5.41, 5.74) is 2.04. The van der Waals surface area contributed by atoms with Crippen molar-refractivity contribution in [2.75, 3.05) is 48.4 Å². The predicted molar refractivity (Wildman–Crippen MR) is 149 cm³/mol. The third-order valence-corrected chi connectivity index (χ3v) is 6.46. The zero-order valence-corrected chi connectivity index (χ0v) is 22.9. The molecule has 3 N–H and O–H groups in total. The van der Waals surface area contributed by atoms with Crippen LogP contribution in [-0.4, -0.2) is 69.4 Å². The van der Waals surface area contributed by atoms with E-state index < -0.39 is 11.0 Å². The van der Waals surface area contributed by atoms with Crippen molar-refractivity contribution in [2.45, 2.75) is 45.6 Å². The van der Waals surface area contributed by atoms with E-state index >= 15 is 0 Å². The van der Waals surface area contributed by atoms with Crippen molar-refractivity contribution in [3.63, 3.8) is 0 Å². The van der Waals surface area contributed by atoms with Crippen LogP contribution in [0.3, 0.4) is 0 Å². The van der Waals surface area contributed by atoms with Crippen LogP contribution in [0.25, 0.3) is 11.3 Å². The van der Waals surface area contributed by atoms with Gasteiger partial charge in [-0.3, -0.25) is 14.8 Å². The largest absolute Gasteiger partial charge is 0.394 e. The molecule has 4 rings (SSSR count). The summed E-state index contributed by atoms with van der Waals surface area (Å²) in [6, 6.07) is 9.17. The van der Waals surface area contributed by atoms with Gasteiger partial charge in [-0.15, -0.1) is 0 Å². The minimum Gasteiger partial charge on any atom is -0.394 e. The Kier molecular flexibility index (Phi) is 8.09. The highest BCUT2D eigenvalue weighted by atomic mass is 16.5. The molecule has 0 bridgehead atoms. The number of aryl methyl sites for hydroxylation is 1. The highest BCUT2D eigenvalue weighted by molar-refractivity contribution is 6.04. The maximum atomic E-state index is 13.1. The summed E-state index contributed by atoms with van der Waals surface area (Å²) >= 11 is 0. The molecule has 1 amide bonds. The van der Waals surface area contributed by atoms with Gasteiger partial charge in [0.1, 0.15) is 5.82 Å². The van der Waals surface area contributed by atoms with E-state index in [1.807, 2.05) is 32.9 Å². The number of hydrogen-bond donors (Lipinski definition) is 3. The third-order valence-electron chi connectivity index (χ3n) is 6.46. The first-order valence-electron chi connectivity index (χ1n) is 12.8. The number of aliphatic hydroxyl groups excluding tert-OH is 1. The number of anilines is 3. The molecule has 0 saturated carbocycles. The first-order valence-corrected chi connectivity index (χ1v) is 12.8. The van der Waals surface area contributed by atoms with E-state index in [2.05, 4.69) is 31.6 Å². The van der Waals surface area contributed by atoms with Gasteiger partial charge < -0.3 is 25.4 Å². The van der Waals surface area contributed by atoms with E-state index in [1.165, 1.54) is 6.20 Å². The summed E-state index contributed by atoms with van der Waals surface area (Å²) in [6.07, 6.45) is 3.12. The zero-order valence-electron chi connectivity index (χ0n) is 22.9. The zero-order chi connectivity index (χ0) is 28.2. The van der Waals surface area contributed by atoms with Crippen LogP contribution in [0.2, 0.25) is 0 Å². The lowest BCUT2D eigenvalue weighted by atomic mass is 9.90. The lowest BCUT2D eigenvalue weighted by molar-refractivity contribution is 0.102. The second-order valence-electron chi connectivity index (χ2n) is 10.7. The van der Waals surface area contributed by atoms with Crippen LogP contribution in [0.15, 0.2) is 36.7 Å². The Morgan fingerprint density at radius 1 is 1.15 bits per heavy atom. The smallest absolute Gasteiger partial charge is 0.255 e. The van der Waals surface area contributed by atoms with Gasteiger partial charge in [0.25, 0.3) is 5.91 Å². The van der Waals surface area contributed by atoms with Gasteiger partial charge in [0.05, 0.1) is 60.1 Å². The number of carbonyl (C=O) groups excluding carboxylic acids is 1.